The number of amides is 1. The van der Waals surface area contributed by atoms with E-state index in [0.717, 1.165) is 105 Å². The molecule has 97 heavy (non-hydrogen) atoms. The van der Waals surface area contributed by atoms with Crippen molar-refractivity contribution < 1.29 is 47.2 Å². The Morgan fingerprint density at radius 1 is 0.608 bits per heavy atom. The van der Waals surface area contributed by atoms with Crippen molar-refractivity contribution in [1.29, 1.82) is 0 Å². The lowest BCUT2D eigenvalue weighted by Gasteiger charge is -2.20. The Kier molecular flexibility index (Phi) is 28.4. The lowest BCUT2D eigenvalue weighted by atomic mass is 9.92. The predicted molar refractivity (Wildman–Crippen MR) is 384 cm³/mol. The normalized spacial score (nSPS) is 12.4. The smallest absolute Gasteiger partial charge is 0.419 e. The van der Waals surface area contributed by atoms with Gasteiger partial charge in [-0.3, -0.25) is 43.1 Å². The Labute approximate surface area is 577 Å². The number of rotatable bonds is 39. The second kappa shape index (κ2) is 37.4. The van der Waals surface area contributed by atoms with Crippen molar-refractivity contribution in [3.8, 4) is 17.0 Å². The first-order valence-corrected chi connectivity index (χ1v) is 37.2. The van der Waals surface area contributed by atoms with E-state index in [4.69, 9.17) is 23.9 Å². The minimum absolute atomic E-state index is 0.0138. The molecule has 518 valence electrons. The number of imidazole rings is 2. The maximum atomic E-state index is 15.5. The van der Waals surface area contributed by atoms with Gasteiger partial charge in [0.15, 0.2) is 0 Å². The molecule has 9 rings (SSSR count). The van der Waals surface area contributed by atoms with Crippen LogP contribution in [0.1, 0.15) is 49.4 Å². The van der Waals surface area contributed by atoms with Crippen molar-refractivity contribution in [2.45, 2.75) is 53.9 Å². The van der Waals surface area contributed by atoms with E-state index in [0.29, 0.717) is 51.1 Å². The van der Waals surface area contributed by atoms with Gasteiger partial charge < -0.3 is 34.7 Å². The zero-order valence-electron chi connectivity index (χ0n) is 55.1. The molecular formula is C69H83F2N11O11S4. The number of aromatic nitrogens is 6. The van der Waals surface area contributed by atoms with Crippen LogP contribution in [0.25, 0.3) is 43.4 Å². The zero-order valence-corrected chi connectivity index (χ0v) is 58.3. The summed E-state index contributed by atoms with van der Waals surface area (Å²) in [4.78, 5) is 102. The van der Waals surface area contributed by atoms with Crippen LogP contribution in [0.2, 0.25) is 0 Å². The highest BCUT2D eigenvalue weighted by Crippen LogP contribution is 2.36. The third-order valence-electron chi connectivity index (χ3n) is 16.0. The molecule has 0 bridgehead atoms. The summed E-state index contributed by atoms with van der Waals surface area (Å²) in [5, 5.41) is 20.9. The SMILES string of the molecule is CCSCCN(CCSCC)Cc1cn(C(=O)OCCOCCN=c2c(=c3ccc4c(NCCOCCOC(=O)n5cnc(CN(CCSCC)CCSCC)c5)ccc5c(O)n(CCNC(=O)c6ccc(F)cc6)c(=O)c3c45)cc3c(=O)n(CCF)c(=O)c4cccc2c4-3)cn1. The van der Waals surface area contributed by atoms with Crippen LogP contribution >= 0.6 is 47.0 Å². The van der Waals surface area contributed by atoms with Gasteiger partial charge in [-0.2, -0.15) is 47.0 Å². The summed E-state index contributed by atoms with van der Waals surface area (Å²) >= 11 is 7.54. The molecule has 0 atom stereocenters. The molecule has 22 nitrogen and oxygen atoms in total. The van der Waals surface area contributed by atoms with Crippen LogP contribution < -0.4 is 32.7 Å². The number of pyridine rings is 2. The Morgan fingerprint density at radius 2 is 1.19 bits per heavy atom. The van der Waals surface area contributed by atoms with Crippen LogP contribution in [0.4, 0.5) is 24.1 Å². The molecule has 0 radical (unpaired) electrons. The number of anilines is 1. The number of hydrogen-bond donors (Lipinski definition) is 3. The lowest BCUT2D eigenvalue weighted by Crippen LogP contribution is -2.36. The summed E-state index contributed by atoms with van der Waals surface area (Å²) < 4.78 is 55.5. The number of nitrogens with zero attached hydrogens (tertiary/aromatic N) is 9. The number of carbonyl (C=O) groups excluding carboxylic acids is 3. The molecule has 0 spiro atoms. The maximum absolute atomic E-state index is 15.5. The van der Waals surface area contributed by atoms with E-state index in [1.165, 1.54) is 33.9 Å². The summed E-state index contributed by atoms with van der Waals surface area (Å²) in [5.74, 6) is 6.74. The van der Waals surface area contributed by atoms with Crippen molar-refractivity contribution >= 4 is 103 Å². The molecule has 1 aliphatic carbocycles. The number of benzene rings is 5. The zero-order chi connectivity index (χ0) is 68.6. The van der Waals surface area contributed by atoms with Crippen molar-refractivity contribution in [2.24, 2.45) is 4.99 Å². The van der Waals surface area contributed by atoms with Crippen molar-refractivity contribution in [2.75, 3.05) is 143 Å². The first kappa shape index (κ1) is 73.7. The van der Waals surface area contributed by atoms with E-state index in [1.54, 1.807) is 60.9 Å². The van der Waals surface area contributed by atoms with Gasteiger partial charge in [-0.15, -0.1) is 0 Å². The molecule has 3 aromatic heterocycles. The van der Waals surface area contributed by atoms with E-state index in [9.17, 15) is 37.9 Å². The molecule has 0 unspecified atom stereocenters. The topological polar surface area (TPSA) is 248 Å². The number of aromatic hydroxyl groups is 1. The fraction of sp³-hybridized carbons (Fsp3) is 0.435. The fourth-order valence-electron chi connectivity index (χ4n) is 11.3. The van der Waals surface area contributed by atoms with Crippen LogP contribution in [0.5, 0.6) is 5.88 Å². The molecule has 1 amide bonds. The Hall–Kier alpha value is -7.57. The maximum Gasteiger partial charge on any atom is 0.419 e. The van der Waals surface area contributed by atoms with Gasteiger partial charge >= 0.3 is 12.2 Å². The monoisotopic (exact) mass is 1410 g/mol. The van der Waals surface area contributed by atoms with Crippen molar-refractivity contribution in [3.05, 3.63) is 167 Å². The third kappa shape index (κ3) is 19.2. The number of halogens is 2. The molecule has 4 aromatic carbocycles. The van der Waals surface area contributed by atoms with Gasteiger partial charge in [-0.1, -0.05) is 52.0 Å². The first-order valence-electron chi connectivity index (χ1n) is 32.5. The van der Waals surface area contributed by atoms with E-state index < -0.39 is 59.7 Å². The van der Waals surface area contributed by atoms with Gasteiger partial charge in [0.2, 0.25) is 5.88 Å². The molecule has 3 N–H and O–H groups in total. The molecule has 7 aromatic rings. The predicted octanol–water partition coefficient (Wildman–Crippen LogP) is 9.07. The number of hydrogen-bond acceptors (Lipinski definition) is 21. The van der Waals surface area contributed by atoms with Crippen LogP contribution in [-0.2, 0) is 45.1 Å². The number of alkyl halides is 1. The Morgan fingerprint density at radius 3 is 1.77 bits per heavy atom. The summed E-state index contributed by atoms with van der Waals surface area (Å²) in [7, 11) is 0. The van der Waals surface area contributed by atoms with Gasteiger partial charge in [0.1, 0.15) is 38.4 Å². The molecule has 1 aliphatic heterocycles. The number of thioether (sulfide) groups is 4. The molecule has 0 saturated heterocycles. The summed E-state index contributed by atoms with van der Waals surface area (Å²) in [6.07, 6.45) is 5.07. The standard InChI is InChI=1S/C69H83F2N11O11S4/c1-5-94-36-26-77(27-37-95-6-2)41-49-43-79(45-75-49)68(88)92-34-32-90-30-22-72-58-19-18-55-60-52(58)17-16-51(61(60)67(87)82(65(55)85)25-21-74-63(83)47-12-14-48(71)15-13-47)56-40-57-59-53(10-9-11-54(59)64(84)81(24-20-70)66(57)86)62(56)73-23-31-91-33-35-93-69(89)80-44-50(76-46-80)42-78(28-38-96-7-3)29-39-97-8-4/h9-19,40,43-46,72,85H,5-8,20-39,41-42H2,1-4H3,(H,74,83). The number of carbonyl (C=O) groups is 3. The number of nitrogens with one attached hydrogen (secondary N) is 2. The fourth-order valence-corrected chi connectivity index (χ4v) is 14.0. The van der Waals surface area contributed by atoms with Crippen LogP contribution in [-0.4, -0.2) is 199 Å². The highest BCUT2D eigenvalue weighted by molar-refractivity contribution is 7.99. The Bertz CT molecular complexity index is 4390. The average molecular weight is 1410 g/mol. The van der Waals surface area contributed by atoms with Gasteiger partial charge in [0.25, 0.3) is 22.6 Å². The van der Waals surface area contributed by atoms with E-state index >= 15 is 4.79 Å². The molecule has 28 heteroatoms. The second-order valence-corrected chi connectivity index (χ2v) is 27.8. The molecular weight excluding hydrogens is 1330 g/mol. The highest BCUT2D eigenvalue weighted by Gasteiger charge is 2.24. The first-order chi connectivity index (χ1) is 47.3. The summed E-state index contributed by atoms with van der Waals surface area (Å²) in [6.45, 7) is 12.1. The van der Waals surface area contributed by atoms with Gasteiger partial charge in [-0.25, -0.2) is 37.5 Å². The average Bonchev–Trinajstić information content (AvgIpc) is 1.25. The largest absolute Gasteiger partial charge is 0.494 e. The second-order valence-electron chi connectivity index (χ2n) is 22.3. The van der Waals surface area contributed by atoms with Gasteiger partial charge in [0.05, 0.1) is 61.6 Å². The van der Waals surface area contributed by atoms with Crippen LogP contribution in [0.15, 0.2) is 117 Å². The van der Waals surface area contributed by atoms with Gasteiger partial charge in [0, 0.05) is 149 Å². The number of ether oxygens (including phenoxy) is 4. The lowest BCUT2D eigenvalue weighted by molar-refractivity contribution is 0.0768. The van der Waals surface area contributed by atoms with Crippen molar-refractivity contribution in [1.82, 2.24) is 43.4 Å². The van der Waals surface area contributed by atoms with E-state index in [1.807, 2.05) is 47.0 Å². The summed E-state index contributed by atoms with van der Waals surface area (Å²) in [6, 6.07) is 18.3. The van der Waals surface area contributed by atoms with Gasteiger partial charge in [-0.05, 0) is 76.8 Å². The third-order valence-corrected chi connectivity index (χ3v) is 19.5. The molecule has 0 fully saturated rings. The molecule has 0 saturated carbocycles. The minimum atomic E-state index is -0.988. The minimum Gasteiger partial charge on any atom is -0.494 e. The quantitative estimate of drug-likeness (QED) is 0.0304. The van der Waals surface area contributed by atoms with E-state index in [-0.39, 0.29) is 98.3 Å². The Balaban J connectivity index is 0.984. The van der Waals surface area contributed by atoms with E-state index in [2.05, 4.69) is 58.1 Å². The highest BCUT2D eigenvalue weighted by atomic mass is 32.2. The van der Waals surface area contributed by atoms with Crippen molar-refractivity contribution in [3.63, 3.8) is 0 Å². The summed E-state index contributed by atoms with van der Waals surface area (Å²) in [5.41, 5.74) is 0.541. The molecule has 4 heterocycles. The van der Waals surface area contributed by atoms with Crippen LogP contribution in [0.3, 0.4) is 0 Å². The molecule has 2 aliphatic rings. The van der Waals surface area contributed by atoms with Crippen LogP contribution in [0, 0.1) is 16.3 Å².